The molecule has 0 saturated heterocycles. The van der Waals surface area contributed by atoms with Crippen LogP contribution in [0.2, 0.25) is 0 Å². The van der Waals surface area contributed by atoms with Crippen molar-refractivity contribution in [1.29, 1.82) is 0 Å². The van der Waals surface area contributed by atoms with Crippen molar-refractivity contribution in [3.63, 3.8) is 0 Å². The molecule has 0 spiro atoms. The third-order valence-electron chi connectivity index (χ3n) is 3.45. The van der Waals surface area contributed by atoms with Crippen molar-refractivity contribution in [3.8, 4) is 5.75 Å². The summed E-state index contributed by atoms with van der Waals surface area (Å²) in [5, 5.41) is 5.67. The molecule has 2 atom stereocenters. The molecule has 1 fully saturated rings. The molecule has 114 valence electrons. The molecule has 0 radical (unpaired) electrons. The first kappa shape index (κ1) is 15.4. The Labute approximate surface area is 125 Å². The minimum Gasteiger partial charge on any atom is -0.494 e. The van der Waals surface area contributed by atoms with Crippen molar-refractivity contribution in [2.45, 2.75) is 26.7 Å². The molecule has 2 amide bonds. The molecule has 0 aromatic heterocycles. The molecule has 2 unspecified atom stereocenters. The summed E-state index contributed by atoms with van der Waals surface area (Å²) in [6.45, 7) is 5.21. The lowest BCUT2D eigenvalue weighted by Gasteiger charge is -2.07. The second-order valence-corrected chi connectivity index (χ2v) is 5.19. The predicted molar refractivity (Wildman–Crippen MR) is 81.1 cm³/mol. The van der Waals surface area contributed by atoms with Gasteiger partial charge in [-0.1, -0.05) is 6.92 Å². The van der Waals surface area contributed by atoms with E-state index in [0.717, 1.165) is 17.9 Å². The average molecular weight is 290 g/mol. The first-order valence-electron chi connectivity index (χ1n) is 7.47. The summed E-state index contributed by atoms with van der Waals surface area (Å²) in [5.41, 5.74) is 0.725. The maximum Gasteiger partial charge on any atom is 0.228 e. The monoisotopic (exact) mass is 290 g/mol. The smallest absolute Gasteiger partial charge is 0.228 e. The third kappa shape index (κ3) is 4.21. The fourth-order valence-electron chi connectivity index (χ4n) is 2.19. The van der Waals surface area contributed by atoms with Crippen LogP contribution in [0.3, 0.4) is 0 Å². The highest BCUT2D eigenvalue weighted by atomic mass is 16.5. The maximum absolute atomic E-state index is 12.1. The van der Waals surface area contributed by atoms with E-state index in [1.54, 1.807) is 12.1 Å². The number of carbonyl (C=O) groups is 2. The standard InChI is InChI=1S/C16H22N2O3/c1-3-9-17-15(19)13-10-14(13)16(20)18-11-5-7-12(8-6-11)21-4-2/h5-8,13-14H,3-4,9-10H2,1-2H3,(H,17,19)(H,18,20). The van der Waals surface area contributed by atoms with Gasteiger partial charge in [0.1, 0.15) is 5.75 Å². The molecule has 1 aromatic rings. The normalized spacial score (nSPS) is 19.7. The summed E-state index contributed by atoms with van der Waals surface area (Å²) < 4.78 is 5.35. The van der Waals surface area contributed by atoms with E-state index in [2.05, 4.69) is 10.6 Å². The zero-order valence-corrected chi connectivity index (χ0v) is 12.5. The molecule has 5 nitrogen and oxygen atoms in total. The summed E-state index contributed by atoms with van der Waals surface area (Å²) in [6, 6.07) is 7.24. The molecule has 1 aliphatic rings. The minimum absolute atomic E-state index is 0.0105. The van der Waals surface area contributed by atoms with E-state index in [-0.39, 0.29) is 23.7 Å². The van der Waals surface area contributed by atoms with Crippen LogP contribution in [0.25, 0.3) is 0 Å². The molecule has 1 aliphatic carbocycles. The first-order chi connectivity index (χ1) is 10.2. The topological polar surface area (TPSA) is 67.4 Å². The van der Waals surface area contributed by atoms with E-state index < -0.39 is 0 Å². The fraction of sp³-hybridized carbons (Fsp3) is 0.500. The van der Waals surface area contributed by atoms with Crippen LogP contribution in [0.5, 0.6) is 5.75 Å². The average Bonchev–Trinajstić information content (AvgIpc) is 3.28. The van der Waals surface area contributed by atoms with E-state index in [4.69, 9.17) is 4.74 Å². The van der Waals surface area contributed by atoms with Gasteiger partial charge in [0.05, 0.1) is 18.4 Å². The van der Waals surface area contributed by atoms with Gasteiger partial charge in [-0.2, -0.15) is 0 Å². The Kier molecular flexibility index (Phi) is 5.20. The minimum atomic E-state index is -0.201. The summed E-state index contributed by atoms with van der Waals surface area (Å²) in [7, 11) is 0. The van der Waals surface area contributed by atoms with Gasteiger partial charge in [0, 0.05) is 12.2 Å². The molecule has 1 aromatic carbocycles. The van der Waals surface area contributed by atoms with Crippen molar-refractivity contribution in [3.05, 3.63) is 24.3 Å². The maximum atomic E-state index is 12.1. The van der Waals surface area contributed by atoms with Crippen LogP contribution in [0.15, 0.2) is 24.3 Å². The van der Waals surface area contributed by atoms with Gasteiger partial charge in [-0.05, 0) is 44.0 Å². The predicted octanol–water partition coefficient (Wildman–Crippen LogP) is 2.19. The molecular weight excluding hydrogens is 268 g/mol. The Morgan fingerprint density at radius 3 is 2.43 bits per heavy atom. The zero-order valence-electron chi connectivity index (χ0n) is 12.5. The van der Waals surface area contributed by atoms with Crippen molar-refractivity contribution in [1.82, 2.24) is 5.32 Å². The largest absolute Gasteiger partial charge is 0.494 e. The number of anilines is 1. The molecule has 0 bridgehead atoms. The highest BCUT2D eigenvalue weighted by Gasteiger charge is 2.47. The van der Waals surface area contributed by atoms with Crippen LogP contribution in [-0.4, -0.2) is 25.0 Å². The van der Waals surface area contributed by atoms with Crippen molar-refractivity contribution < 1.29 is 14.3 Å². The quantitative estimate of drug-likeness (QED) is 0.809. The second kappa shape index (κ2) is 7.11. The van der Waals surface area contributed by atoms with Gasteiger partial charge in [0.2, 0.25) is 11.8 Å². The lowest BCUT2D eigenvalue weighted by atomic mass is 10.2. The van der Waals surface area contributed by atoms with Crippen molar-refractivity contribution >= 4 is 17.5 Å². The van der Waals surface area contributed by atoms with Gasteiger partial charge >= 0.3 is 0 Å². The van der Waals surface area contributed by atoms with Crippen LogP contribution < -0.4 is 15.4 Å². The molecule has 0 heterocycles. The van der Waals surface area contributed by atoms with Gasteiger partial charge in [0.15, 0.2) is 0 Å². The number of nitrogens with one attached hydrogen (secondary N) is 2. The number of hydrogen-bond acceptors (Lipinski definition) is 3. The zero-order chi connectivity index (χ0) is 15.2. The van der Waals surface area contributed by atoms with E-state index in [1.165, 1.54) is 0 Å². The van der Waals surface area contributed by atoms with Crippen LogP contribution in [0, 0.1) is 11.8 Å². The van der Waals surface area contributed by atoms with E-state index >= 15 is 0 Å². The fourth-order valence-corrected chi connectivity index (χ4v) is 2.19. The van der Waals surface area contributed by atoms with Crippen LogP contribution in [-0.2, 0) is 9.59 Å². The lowest BCUT2D eigenvalue weighted by Crippen LogP contribution is -2.27. The Balaban J connectivity index is 1.81. The number of hydrogen-bond donors (Lipinski definition) is 2. The van der Waals surface area contributed by atoms with Crippen LogP contribution in [0.1, 0.15) is 26.7 Å². The van der Waals surface area contributed by atoms with Gasteiger partial charge in [-0.3, -0.25) is 9.59 Å². The van der Waals surface area contributed by atoms with Gasteiger partial charge in [-0.15, -0.1) is 0 Å². The van der Waals surface area contributed by atoms with Gasteiger partial charge in [0.25, 0.3) is 0 Å². The molecule has 2 rings (SSSR count). The molecule has 2 N–H and O–H groups in total. The first-order valence-corrected chi connectivity index (χ1v) is 7.47. The van der Waals surface area contributed by atoms with Crippen LogP contribution in [0.4, 0.5) is 5.69 Å². The van der Waals surface area contributed by atoms with Crippen molar-refractivity contribution in [2.24, 2.45) is 11.8 Å². The number of carbonyl (C=O) groups excluding carboxylic acids is 2. The molecule has 5 heteroatoms. The highest BCUT2D eigenvalue weighted by Crippen LogP contribution is 2.39. The Bertz CT molecular complexity index is 499. The van der Waals surface area contributed by atoms with E-state index in [1.807, 2.05) is 26.0 Å². The summed E-state index contributed by atoms with van der Waals surface area (Å²) in [5.74, 6) is 0.311. The molecule has 0 aliphatic heterocycles. The SMILES string of the molecule is CCCNC(=O)C1CC1C(=O)Nc1ccc(OCC)cc1. The molecule has 1 saturated carbocycles. The Hall–Kier alpha value is -2.04. The van der Waals surface area contributed by atoms with E-state index in [9.17, 15) is 9.59 Å². The number of ether oxygens (including phenoxy) is 1. The highest BCUT2D eigenvalue weighted by molar-refractivity contribution is 5.99. The summed E-state index contributed by atoms with van der Waals surface area (Å²) >= 11 is 0. The Morgan fingerprint density at radius 1 is 1.14 bits per heavy atom. The second-order valence-electron chi connectivity index (χ2n) is 5.19. The number of amides is 2. The summed E-state index contributed by atoms with van der Waals surface area (Å²) in [6.07, 6.45) is 1.54. The number of rotatable bonds is 7. The van der Waals surface area contributed by atoms with Crippen molar-refractivity contribution in [2.75, 3.05) is 18.5 Å². The lowest BCUT2D eigenvalue weighted by molar-refractivity contribution is -0.125. The van der Waals surface area contributed by atoms with Gasteiger partial charge < -0.3 is 15.4 Å². The third-order valence-corrected chi connectivity index (χ3v) is 3.45. The van der Waals surface area contributed by atoms with Gasteiger partial charge in [-0.25, -0.2) is 0 Å². The number of benzene rings is 1. The summed E-state index contributed by atoms with van der Waals surface area (Å²) in [4.78, 5) is 23.8. The molecule has 21 heavy (non-hydrogen) atoms. The molecular formula is C16H22N2O3. The van der Waals surface area contributed by atoms with E-state index in [0.29, 0.717) is 19.6 Å². The Morgan fingerprint density at radius 2 is 1.81 bits per heavy atom. The van der Waals surface area contributed by atoms with Crippen LogP contribution >= 0.6 is 0 Å².